The molecule has 0 radical (unpaired) electrons. The number of amides is 1. The molecule has 0 N–H and O–H groups in total. The maximum absolute atomic E-state index is 13.4. The highest BCUT2D eigenvalue weighted by Gasteiger charge is 2.27. The summed E-state index contributed by atoms with van der Waals surface area (Å²) in [5.74, 6) is 0.883. The van der Waals surface area contributed by atoms with Crippen LogP contribution >= 0.6 is 0 Å². The summed E-state index contributed by atoms with van der Waals surface area (Å²) in [6, 6.07) is 20.4. The number of carbonyl (C=O) groups excluding carboxylic acids is 1. The molecule has 7 nitrogen and oxygen atoms in total. The summed E-state index contributed by atoms with van der Waals surface area (Å²) < 4.78 is 13.1. The number of hydrogen-bond acceptors (Lipinski definition) is 5. The third-order valence-electron chi connectivity index (χ3n) is 6.12. The largest absolute Gasteiger partial charge is 0.496 e. The predicted molar refractivity (Wildman–Crippen MR) is 130 cm³/mol. The van der Waals surface area contributed by atoms with Gasteiger partial charge in [-0.15, -0.1) is 0 Å². The fraction of sp³-hybridized carbons (Fsp3) is 0.222. The van der Waals surface area contributed by atoms with Crippen LogP contribution in [0.5, 0.6) is 11.5 Å². The van der Waals surface area contributed by atoms with Crippen molar-refractivity contribution in [3.8, 4) is 17.2 Å². The molecular formula is C27H25N3O4. The molecule has 0 bridgehead atoms. The first-order chi connectivity index (χ1) is 16.6. The molecule has 4 aromatic rings. The van der Waals surface area contributed by atoms with Gasteiger partial charge < -0.3 is 14.4 Å². The van der Waals surface area contributed by atoms with Crippen molar-refractivity contribution in [3.63, 3.8) is 0 Å². The molecule has 172 valence electrons. The monoisotopic (exact) mass is 455 g/mol. The van der Waals surface area contributed by atoms with Crippen molar-refractivity contribution in [1.29, 1.82) is 0 Å². The van der Waals surface area contributed by atoms with Crippen LogP contribution < -0.4 is 15.0 Å². The number of benzene rings is 2. The first-order valence-electron chi connectivity index (χ1n) is 11.3. The van der Waals surface area contributed by atoms with E-state index in [1.54, 1.807) is 17.3 Å². The second kappa shape index (κ2) is 9.39. The number of likely N-dealkylation sites (tertiary alicyclic amines) is 1. The smallest absolute Gasteiger partial charge is 0.259 e. The number of methoxy groups -OCH3 is 1. The molecule has 5 rings (SSSR count). The summed E-state index contributed by atoms with van der Waals surface area (Å²) in [5.41, 5.74) is 1.65. The first-order valence-corrected chi connectivity index (χ1v) is 11.3. The Morgan fingerprint density at radius 2 is 1.74 bits per heavy atom. The minimum absolute atomic E-state index is 0.00294. The maximum atomic E-state index is 13.4. The molecule has 3 heterocycles. The molecule has 0 aliphatic carbocycles. The number of nitrogens with zero attached hydrogens (tertiary/aromatic N) is 3. The van der Waals surface area contributed by atoms with Gasteiger partial charge in [-0.05, 0) is 24.3 Å². The van der Waals surface area contributed by atoms with Crippen molar-refractivity contribution in [2.45, 2.75) is 18.9 Å². The zero-order valence-electron chi connectivity index (χ0n) is 18.9. The molecule has 1 aliphatic heterocycles. The molecule has 0 saturated carbocycles. The van der Waals surface area contributed by atoms with Crippen molar-refractivity contribution in [3.05, 3.63) is 95.0 Å². The van der Waals surface area contributed by atoms with Gasteiger partial charge in [-0.3, -0.25) is 19.1 Å². The Hall–Kier alpha value is -4.13. The van der Waals surface area contributed by atoms with Gasteiger partial charge in [0.15, 0.2) is 0 Å². The van der Waals surface area contributed by atoms with E-state index in [0.717, 1.165) is 16.7 Å². The van der Waals surface area contributed by atoms with Crippen LogP contribution in [0.2, 0.25) is 0 Å². The third-order valence-corrected chi connectivity index (χ3v) is 6.12. The first kappa shape index (κ1) is 21.7. The number of rotatable bonds is 5. The van der Waals surface area contributed by atoms with Crippen molar-refractivity contribution in [2.24, 2.45) is 0 Å². The lowest BCUT2D eigenvalue weighted by Crippen LogP contribution is -2.42. The molecule has 1 saturated heterocycles. The average molecular weight is 456 g/mol. The lowest BCUT2D eigenvalue weighted by Gasteiger charge is -2.32. The van der Waals surface area contributed by atoms with Gasteiger partial charge in [0.2, 0.25) is 0 Å². The van der Waals surface area contributed by atoms with Gasteiger partial charge in [-0.1, -0.05) is 36.4 Å². The minimum atomic E-state index is -0.254. The summed E-state index contributed by atoms with van der Waals surface area (Å²) in [5, 5.41) is 1.04. The molecule has 7 heteroatoms. The molecule has 1 amide bonds. The summed E-state index contributed by atoms with van der Waals surface area (Å²) in [4.78, 5) is 32.2. The molecule has 34 heavy (non-hydrogen) atoms. The number of carbonyl (C=O) groups is 1. The van der Waals surface area contributed by atoms with Crippen LogP contribution in [0.1, 0.15) is 23.2 Å². The standard InChI is InChI=1S/C27H25N3O4/c1-33-24-17-25(31)30(20-9-3-2-4-10-20)18-22(24)27(32)29-15-12-21(13-16-29)34-23-11-5-7-19-8-6-14-28-26(19)23/h2-11,14,17-18,21H,12-13,15-16H2,1H3. The molecule has 2 aromatic heterocycles. The van der Waals surface area contributed by atoms with E-state index in [1.807, 2.05) is 60.7 Å². The minimum Gasteiger partial charge on any atom is -0.496 e. The number of pyridine rings is 2. The number of piperidine rings is 1. The van der Waals surface area contributed by atoms with E-state index in [1.165, 1.54) is 17.7 Å². The van der Waals surface area contributed by atoms with Crippen molar-refractivity contribution < 1.29 is 14.3 Å². The van der Waals surface area contributed by atoms with Gasteiger partial charge in [0, 0.05) is 55.5 Å². The SMILES string of the molecule is COc1cc(=O)n(-c2ccccc2)cc1C(=O)N1CCC(Oc2cccc3cccnc23)CC1. The Morgan fingerprint density at radius 3 is 2.50 bits per heavy atom. The third kappa shape index (κ3) is 4.24. The van der Waals surface area contributed by atoms with E-state index in [2.05, 4.69) is 4.98 Å². The van der Waals surface area contributed by atoms with Gasteiger partial charge in [-0.2, -0.15) is 0 Å². The molecular weight excluding hydrogens is 430 g/mol. The van der Waals surface area contributed by atoms with Crippen LogP contribution in [0, 0.1) is 0 Å². The second-order valence-corrected chi connectivity index (χ2v) is 8.24. The van der Waals surface area contributed by atoms with E-state index in [4.69, 9.17) is 9.47 Å². The number of para-hydroxylation sites is 2. The Bertz CT molecular complexity index is 1370. The topological polar surface area (TPSA) is 73.7 Å². The fourth-order valence-electron chi connectivity index (χ4n) is 4.33. The van der Waals surface area contributed by atoms with Crippen LogP contribution in [0.4, 0.5) is 0 Å². The van der Waals surface area contributed by atoms with Gasteiger partial charge >= 0.3 is 0 Å². The van der Waals surface area contributed by atoms with Crippen molar-refractivity contribution >= 4 is 16.8 Å². The Balaban J connectivity index is 1.32. The van der Waals surface area contributed by atoms with E-state index in [9.17, 15) is 9.59 Å². The summed E-state index contributed by atoms with van der Waals surface area (Å²) in [6.07, 6.45) is 4.74. The van der Waals surface area contributed by atoms with E-state index in [-0.39, 0.29) is 23.3 Å². The summed E-state index contributed by atoms with van der Waals surface area (Å²) >= 11 is 0. The molecule has 0 atom stereocenters. The summed E-state index contributed by atoms with van der Waals surface area (Å²) in [6.45, 7) is 1.10. The Morgan fingerprint density at radius 1 is 0.971 bits per heavy atom. The Labute approximate surface area is 197 Å². The molecule has 1 fully saturated rings. The lowest BCUT2D eigenvalue weighted by atomic mass is 10.1. The average Bonchev–Trinajstić information content (AvgIpc) is 2.89. The zero-order chi connectivity index (χ0) is 23.5. The maximum Gasteiger partial charge on any atom is 0.259 e. The summed E-state index contributed by atoms with van der Waals surface area (Å²) in [7, 11) is 1.47. The lowest BCUT2D eigenvalue weighted by molar-refractivity contribution is 0.0594. The molecule has 0 spiro atoms. The predicted octanol–water partition coefficient (Wildman–Crippen LogP) is 4.08. The van der Waals surface area contributed by atoms with Gasteiger partial charge in [0.1, 0.15) is 23.1 Å². The van der Waals surface area contributed by atoms with Crippen molar-refractivity contribution in [1.82, 2.24) is 14.5 Å². The highest BCUT2D eigenvalue weighted by molar-refractivity contribution is 5.96. The number of fused-ring (bicyclic) bond motifs is 1. The second-order valence-electron chi connectivity index (χ2n) is 8.24. The van der Waals surface area contributed by atoms with Gasteiger partial charge in [-0.25, -0.2) is 0 Å². The van der Waals surface area contributed by atoms with Crippen molar-refractivity contribution in [2.75, 3.05) is 20.2 Å². The van der Waals surface area contributed by atoms with Gasteiger partial charge in [0.05, 0.1) is 12.7 Å². The molecule has 0 unspecified atom stereocenters. The number of ether oxygens (including phenoxy) is 2. The van der Waals surface area contributed by atoms with Crippen LogP contribution in [0.25, 0.3) is 16.6 Å². The van der Waals surface area contributed by atoms with Crippen LogP contribution in [0.3, 0.4) is 0 Å². The van der Waals surface area contributed by atoms with E-state index in [0.29, 0.717) is 37.2 Å². The Kier molecular flexibility index (Phi) is 5.99. The van der Waals surface area contributed by atoms with Crippen LogP contribution in [-0.2, 0) is 0 Å². The highest BCUT2D eigenvalue weighted by Crippen LogP contribution is 2.27. The highest BCUT2D eigenvalue weighted by atomic mass is 16.5. The van der Waals surface area contributed by atoms with Crippen LogP contribution in [0.15, 0.2) is 83.9 Å². The fourth-order valence-corrected chi connectivity index (χ4v) is 4.33. The van der Waals surface area contributed by atoms with Crippen LogP contribution in [-0.4, -0.2) is 46.7 Å². The normalized spacial score (nSPS) is 14.2. The number of aromatic nitrogens is 2. The molecule has 2 aromatic carbocycles. The zero-order valence-corrected chi connectivity index (χ0v) is 18.9. The quantitative estimate of drug-likeness (QED) is 0.453. The molecule has 1 aliphatic rings. The van der Waals surface area contributed by atoms with Gasteiger partial charge in [0.25, 0.3) is 11.5 Å². The van der Waals surface area contributed by atoms with E-state index >= 15 is 0 Å². The van der Waals surface area contributed by atoms with E-state index < -0.39 is 0 Å². The number of hydrogen-bond donors (Lipinski definition) is 0.